The minimum Gasteiger partial charge on any atom is -0.395 e. The van der Waals surface area contributed by atoms with Gasteiger partial charge in [-0.05, 0) is 37.3 Å². The van der Waals surface area contributed by atoms with Crippen molar-refractivity contribution in [2.45, 2.75) is 19.0 Å². The van der Waals surface area contributed by atoms with Crippen LogP contribution in [0.4, 0.5) is 8.78 Å². The molecular formula is C19H16F2N6O2. The summed E-state index contributed by atoms with van der Waals surface area (Å²) in [5.74, 6) is -0.291. The summed E-state index contributed by atoms with van der Waals surface area (Å²) >= 11 is 0. The highest BCUT2D eigenvalue weighted by Gasteiger charge is 2.44. The Labute approximate surface area is 163 Å². The number of hydrogen-bond donors (Lipinski definition) is 3. The van der Waals surface area contributed by atoms with Gasteiger partial charge in [0.25, 0.3) is 0 Å². The number of benzene rings is 2. The largest absolute Gasteiger partial charge is 0.586 e. The molecule has 3 heterocycles. The maximum absolute atomic E-state index is 13.4. The van der Waals surface area contributed by atoms with E-state index in [-0.39, 0.29) is 17.3 Å². The second-order valence-corrected chi connectivity index (χ2v) is 6.77. The van der Waals surface area contributed by atoms with Crippen molar-refractivity contribution in [3.63, 3.8) is 0 Å². The van der Waals surface area contributed by atoms with Gasteiger partial charge in [-0.3, -0.25) is 10.3 Å². The number of nitrogens with one attached hydrogen (secondary N) is 1. The predicted molar refractivity (Wildman–Crippen MR) is 102 cm³/mol. The van der Waals surface area contributed by atoms with E-state index >= 15 is 0 Å². The Bertz CT molecular complexity index is 1220. The number of aliphatic imine (C=N–C) groups is 1. The number of halogens is 2. The lowest BCUT2D eigenvalue weighted by molar-refractivity contribution is -0.286. The van der Waals surface area contributed by atoms with Crippen LogP contribution in [0.3, 0.4) is 0 Å². The first-order valence-corrected chi connectivity index (χ1v) is 8.73. The fourth-order valence-corrected chi connectivity index (χ4v) is 3.53. The lowest BCUT2D eigenvalue weighted by Gasteiger charge is -2.33. The van der Waals surface area contributed by atoms with Crippen molar-refractivity contribution in [1.82, 2.24) is 14.9 Å². The highest BCUT2D eigenvalue weighted by Crippen LogP contribution is 2.42. The van der Waals surface area contributed by atoms with Crippen LogP contribution in [0.25, 0.3) is 16.9 Å². The minimum absolute atomic E-state index is 0.0812. The molecular weight excluding hydrogens is 382 g/mol. The van der Waals surface area contributed by atoms with Gasteiger partial charge in [-0.15, -0.1) is 8.78 Å². The van der Waals surface area contributed by atoms with Crippen LogP contribution in [-0.2, 0) is 5.79 Å². The van der Waals surface area contributed by atoms with Crippen molar-refractivity contribution in [3.05, 3.63) is 59.9 Å². The molecule has 0 radical (unpaired) electrons. The molecule has 2 aliphatic rings. The first-order valence-electron chi connectivity index (χ1n) is 8.73. The van der Waals surface area contributed by atoms with E-state index in [9.17, 15) is 8.78 Å². The lowest BCUT2D eigenvalue weighted by Crippen LogP contribution is -2.52. The van der Waals surface area contributed by atoms with Gasteiger partial charge in [-0.2, -0.15) is 0 Å². The molecule has 0 amide bonds. The predicted octanol–water partition coefficient (Wildman–Crippen LogP) is 2.19. The van der Waals surface area contributed by atoms with E-state index in [1.165, 1.54) is 18.2 Å². The van der Waals surface area contributed by atoms with Crippen LogP contribution in [-0.4, -0.2) is 21.7 Å². The van der Waals surface area contributed by atoms with Crippen LogP contribution < -0.4 is 26.3 Å². The summed E-state index contributed by atoms with van der Waals surface area (Å²) in [7, 11) is 0. The zero-order chi connectivity index (χ0) is 20.4. The third-order valence-electron chi connectivity index (χ3n) is 4.72. The molecule has 1 aromatic heterocycles. The molecule has 0 aliphatic carbocycles. The molecule has 148 valence electrons. The molecule has 2 aliphatic heterocycles. The Morgan fingerprint density at radius 3 is 2.69 bits per heavy atom. The highest BCUT2D eigenvalue weighted by molar-refractivity contribution is 5.98. The minimum atomic E-state index is -3.72. The van der Waals surface area contributed by atoms with Gasteiger partial charge >= 0.3 is 6.29 Å². The smallest absolute Gasteiger partial charge is 0.395 e. The van der Waals surface area contributed by atoms with Gasteiger partial charge in [0.15, 0.2) is 11.5 Å². The van der Waals surface area contributed by atoms with E-state index in [0.717, 1.165) is 11.0 Å². The number of nitrogens with zero attached hydrogens (tertiary/aromatic N) is 3. The molecule has 29 heavy (non-hydrogen) atoms. The van der Waals surface area contributed by atoms with Crippen molar-refractivity contribution in [1.29, 1.82) is 0 Å². The molecule has 5 rings (SSSR count). The average Bonchev–Trinajstić information content (AvgIpc) is 3.13. The van der Waals surface area contributed by atoms with Gasteiger partial charge in [0.1, 0.15) is 17.5 Å². The van der Waals surface area contributed by atoms with Crippen LogP contribution >= 0.6 is 0 Å². The summed E-state index contributed by atoms with van der Waals surface area (Å²) in [6, 6.07) is 11.8. The summed E-state index contributed by atoms with van der Waals surface area (Å²) in [6.07, 6.45) is -2.09. The summed E-state index contributed by atoms with van der Waals surface area (Å²) in [4.78, 5) is 8.82. The van der Waals surface area contributed by atoms with Crippen molar-refractivity contribution < 1.29 is 18.3 Å². The third-order valence-corrected chi connectivity index (χ3v) is 4.72. The number of hydrogen-bond acceptors (Lipinski definition) is 7. The molecule has 5 N–H and O–H groups in total. The number of nitrogens with two attached hydrogens (primary N) is 2. The summed E-state index contributed by atoms with van der Waals surface area (Å²) in [6.45, 7) is 1.85. The maximum Gasteiger partial charge on any atom is 0.586 e. The molecule has 0 fully saturated rings. The Morgan fingerprint density at radius 2 is 1.86 bits per heavy atom. The first-order chi connectivity index (χ1) is 13.7. The standard InChI is InChI=1S/C19H16F2N6O2/c1-10-24-12-4-2-3-5-13(12)27(10)17-9-16(22)25-18(23,26-17)11-6-7-14-15(8-11)29-19(20,21)28-14/h2-9,26H,23H2,1H3,(H2,22,25). The first kappa shape index (κ1) is 17.4. The van der Waals surface area contributed by atoms with Crippen LogP contribution in [0.15, 0.2) is 53.5 Å². The zero-order valence-electron chi connectivity index (χ0n) is 15.2. The summed E-state index contributed by atoms with van der Waals surface area (Å²) < 4.78 is 37.5. The topological polar surface area (TPSA) is 113 Å². The number of imidazole rings is 1. The van der Waals surface area contributed by atoms with E-state index in [2.05, 4.69) is 24.8 Å². The summed E-state index contributed by atoms with van der Waals surface area (Å²) in [5, 5.41) is 3.13. The van der Waals surface area contributed by atoms with Gasteiger partial charge in [0.05, 0.1) is 11.0 Å². The average molecular weight is 398 g/mol. The molecule has 1 atom stereocenters. The molecule has 0 bridgehead atoms. The zero-order valence-corrected chi connectivity index (χ0v) is 15.2. The van der Waals surface area contributed by atoms with E-state index in [1.807, 2.05) is 35.8 Å². The van der Waals surface area contributed by atoms with E-state index in [0.29, 0.717) is 17.2 Å². The van der Waals surface area contributed by atoms with Gasteiger partial charge < -0.3 is 20.5 Å². The summed E-state index contributed by atoms with van der Waals surface area (Å²) in [5.41, 5.74) is 14.6. The van der Waals surface area contributed by atoms with Crippen molar-refractivity contribution in [2.24, 2.45) is 16.5 Å². The number of para-hydroxylation sites is 2. The van der Waals surface area contributed by atoms with Gasteiger partial charge in [-0.1, -0.05) is 12.1 Å². The fraction of sp³-hybridized carbons (Fsp3) is 0.158. The number of amidine groups is 1. The fourth-order valence-electron chi connectivity index (χ4n) is 3.53. The lowest BCUT2D eigenvalue weighted by atomic mass is 10.1. The van der Waals surface area contributed by atoms with Gasteiger partial charge in [0.2, 0.25) is 5.79 Å². The molecule has 1 unspecified atom stereocenters. The Balaban J connectivity index is 1.57. The molecule has 0 saturated carbocycles. The number of fused-ring (bicyclic) bond motifs is 2. The molecule has 8 nitrogen and oxygen atoms in total. The monoisotopic (exact) mass is 398 g/mol. The number of alkyl halides is 2. The molecule has 2 aromatic carbocycles. The van der Waals surface area contributed by atoms with Crippen molar-refractivity contribution in [2.75, 3.05) is 0 Å². The highest BCUT2D eigenvalue weighted by atomic mass is 19.3. The van der Waals surface area contributed by atoms with Crippen molar-refractivity contribution >= 4 is 22.7 Å². The Morgan fingerprint density at radius 1 is 1.10 bits per heavy atom. The SMILES string of the molecule is Cc1nc2ccccc2n1C1=CC(N)=NC(N)(c2ccc3c(c2)OC(F)(F)O3)N1. The second-order valence-electron chi connectivity index (χ2n) is 6.77. The maximum atomic E-state index is 13.4. The van der Waals surface area contributed by atoms with Crippen LogP contribution in [0.2, 0.25) is 0 Å². The Hall–Kier alpha value is -3.66. The third kappa shape index (κ3) is 2.76. The molecule has 10 heteroatoms. The molecule has 3 aromatic rings. The van der Waals surface area contributed by atoms with Gasteiger partial charge in [-0.25, -0.2) is 9.98 Å². The van der Waals surface area contributed by atoms with Gasteiger partial charge in [0, 0.05) is 11.6 Å². The quantitative estimate of drug-likeness (QED) is 0.610. The second kappa shape index (κ2) is 5.67. The molecule has 0 spiro atoms. The van der Waals surface area contributed by atoms with E-state index < -0.39 is 12.1 Å². The van der Waals surface area contributed by atoms with E-state index in [4.69, 9.17) is 11.5 Å². The van der Waals surface area contributed by atoms with Crippen molar-refractivity contribution in [3.8, 4) is 11.5 Å². The Kier molecular flexibility index (Phi) is 3.41. The van der Waals surface area contributed by atoms with Crippen LogP contribution in [0.1, 0.15) is 11.4 Å². The number of ether oxygens (including phenoxy) is 2. The molecule has 0 saturated heterocycles. The normalized spacial score (nSPS) is 22.2. The number of aromatic nitrogens is 2. The van der Waals surface area contributed by atoms with E-state index in [1.54, 1.807) is 6.08 Å². The van der Waals surface area contributed by atoms with Crippen LogP contribution in [0, 0.1) is 6.92 Å². The number of aryl methyl sites for hydroxylation is 1. The number of rotatable bonds is 2. The van der Waals surface area contributed by atoms with Crippen LogP contribution in [0.5, 0.6) is 11.5 Å².